The molecular weight excluding hydrogens is 823 g/mol. The van der Waals surface area contributed by atoms with Crippen LogP contribution in [-0.2, 0) is 16.1 Å². The van der Waals surface area contributed by atoms with Gasteiger partial charge in [0, 0.05) is 109 Å². The lowest BCUT2D eigenvalue weighted by Gasteiger charge is -2.36. The fourth-order valence-corrected chi connectivity index (χ4v) is 10.5. The van der Waals surface area contributed by atoms with Crippen LogP contribution < -0.4 is 25.8 Å². The third-order valence-corrected chi connectivity index (χ3v) is 14.4. The average Bonchev–Trinajstić information content (AvgIpc) is 3.97. The molecule has 5 atom stereocenters. The molecule has 9 rings (SSSR count). The third kappa shape index (κ3) is 7.95. The summed E-state index contributed by atoms with van der Waals surface area (Å²) in [4.78, 5) is 91.5. The molecule has 14 heteroatoms. The highest BCUT2D eigenvalue weighted by molar-refractivity contribution is 6.23. The van der Waals surface area contributed by atoms with Crippen molar-refractivity contribution in [3.8, 4) is 16.9 Å². The number of piperidine rings is 1. The normalized spacial score (nSPS) is 21.7. The van der Waals surface area contributed by atoms with E-state index in [1.807, 2.05) is 52.1 Å². The lowest BCUT2D eigenvalue weighted by molar-refractivity contribution is -0.137. The smallest absolute Gasteiger partial charge is 0.253 e. The average molecular weight is 880 g/mol. The van der Waals surface area contributed by atoms with E-state index in [4.69, 9.17) is 9.72 Å². The minimum absolute atomic E-state index is 0.117. The number of fused-ring (bicyclic) bond motifs is 3. The molecule has 1 saturated carbocycles. The number of nitrogens with zero attached hydrogens (tertiary/aromatic N) is 4. The predicted octanol–water partition coefficient (Wildman–Crippen LogP) is 6.64. The number of ether oxygens (including phenoxy) is 1. The van der Waals surface area contributed by atoms with Gasteiger partial charge in [-0.15, -0.1) is 0 Å². The Morgan fingerprint density at radius 3 is 2.45 bits per heavy atom. The van der Waals surface area contributed by atoms with Crippen molar-refractivity contribution in [2.75, 3.05) is 37.6 Å². The number of amides is 3. The molecular formula is C51H57N7O7. The number of pyridine rings is 2. The first kappa shape index (κ1) is 43.8. The number of anilines is 1. The zero-order valence-electron chi connectivity index (χ0n) is 38.0. The molecule has 3 fully saturated rings. The van der Waals surface area contributed by atoms with Crippen LogP contribution in [0.3, 0.4) is 0 Å². The molecule has 0 radical (unpaired) electrons. The Bertz CT molecular complexity index is 2820. The van der Waals surface area contributed by atoms with Gasteiger partial charge in [-0.05, 0) is 113 Å². The Morgan fingerprint density at radius 2 is 1.74 bits per heavy atom. The number of carbonyl (C=O) groups is 5. The van der Waals surface area contributed by atoms with Crippen molar-refractivity contribution in [2.24, 2.45) is 17.3 Å². The predicted molar refractivity (Wildman–Crippen MR) is 247 cm³/mol. The fourth-order valence-electron chi connectivity index (χ4n) is 10.5. The van der Waals surface area contributed by atoms with Crippen LogP contribution in [0.2, 0.25) is 0 Å². The summed E-state index contributed by atoms with van der Waals surface area (Å²) in [6, 6.07) is 15.4. The molecule has 2 aliphatic heterocycles. The summed E-state index contributed by atoms with van der Waals surface area (Å²) >= 11 is 0. The van der Waals surface area contributed by atoms with Crippen molar-refractivity contribution in [2.45, 2.75) is 92.3 Å². The number of ketones is 2. The number of aryl methyl sites for hydroxylation is 3. The van der Waals surface area contributed by atoms with Crippen LogP contribution in [0.5, 0.6) is 5.75 Å². The van der Waals surface area contributed by atoms with Gasteiger partial charge >= 0.3 is 0 Å². The van der Waals surface area contributed by atoms with Gasteiger partial charge in [-0.3, -0.25) is 39.0 Å². The van der Waals surface area contributed by atoms with Gasteiger partial charge in [-0.1, -0.05) is 19.1 Å². The molecule has 2 saturated heterocycles. The van der Waals surface area contributed by atoms with Gasteiger partial charge in [-0.2, -0.15) is 0 Å². The number of aromatic amines is 1. The van der Waals surface area contributed by atoms with E-state index in [1.54, 1.807) is 18.2 Å². The van der Waals surface area contributed by atoms with Gasteiger partial charge in [0.2, 0.25) is 11.8 Å². The van der Waals surface area contributed by atoms with Crippen LogP contribution in [0.25, 0.3) is 22.0 Å². The van der Waals surface area contributed by atoms with E-state index in [9.17, 15) is 28.8 Å². The first-order chi connectivity index (χ1) is 31.2. The van der Waals surface area contributed by atoms with E-state index < -0.39 is 23.2 Å². The Morgan fingerprint density at radius 1 is 0.954 bits per heavy atom. The maximum Gasteiger partial charge on any atom is 0.253 e. The number of nitrogens with one attached hydrogen (secondary N) is 3. The van der Waals surface area contributed by atoms with E-state index >= 15 is 0 Å². The van der Waals surface area contributed by atoms with Crippen LogP contribution in [0.1, 0.15) is 112 Å². The first-order valence-corrected chi connectivity index (χ1v) is 23.0. The zero-order valence-corrected chi connectivity index (χ0v) is 38.0. The standard InChI is InChI=1S/C51H57N7O7/c1-7-31(5)58-27-29(3)44-36(48(62)53-26-37-28(2)21-30(4)54-49(37)63)22-34(23-40(44)58)33-11-13-42(52-25-33)57-19-17-56(18-20-57)16-15-32(6)65-41-10-8-9-35-45(41)46(60)39-24-51(39,47(35)61)38-12-14-43(59)55-50(38)64/h8-11,13,21-23,25,27,31-32,38-39H,7,12,14-20,24,26H2,1-6H3,(H,53,62)(H,54,63)(H,55,59,64)/t31-,32?,38?,39?,51+/m0/s1. The van der Waals surface area contributed by atoms with Gasteiger partial charge in [-0.25, -0.2) is 4.98 Å². The Kier molecular flexibility index (Phi) is 11.6. The quantitative estimate of drug-likeness (QED) is 0.109. The lowest BCUT2D eigenvalue weighted by Crippen LogP contribution is -2.48. The summed E-state index contributed by atoms with van der Waals surface area (Å²) in [6.45, 7) is 16.2. The molecule has 5 heterocycles. The summed E-state index contributed by atoms with van der Waals surface area (Å²) < 4.78 is 8.62. The summed E-state index contributed by atoms with van der Waals surface area (Å²) in [5.41, 5.74) is 5.83. The van der Waals surface area contributed by atoms with Crippen molar-refractivity contribution < 1.29 is 28.7 Å². The number of Topliss-reactive ketones (excluding diaryl/α,β-unsaturated/α-hetero) is 2. The van der Waals surface area contributed by atoms with E-state index in [1.165, 1.54) is 0 Å². The second-order valence-electron chi connectivity index (χ2n) is 18.6. The van der Waals surface area contributed by atoms with E-state index in [2.05, 4.69) is 62.2 Å². The molecule has 5 aromatic rings. The van der Waals surface area contributed by atoms with Gasteiger partial charge in [0.25, 0.3) is 11.5 Å². The minimum atomic E-state index is -1.07. The second-order valence-corrected chi connectivity index (χ2v) is 18.6. The molecule has 4 aliphatic rings. The van der Waals surface area contributed by atoms with Crippen LogP contribution in [0, 0.1) is 38.0 Å². The molecule has 338 valence electrons. The van der Waals surface area contributed by atoms with Gasteiger partial charge in [0.1, 0.15) is 11.6 Å². The number of benzene rings is 2. The molecule has 3 amide bonds. The molecule has 2 aliphatic carbocycles. The molecule has 3 N–H and O–H groups in total. The number of carbonyl (C=O) groups excluding carboxylic acids is 5. The van der Waals surface area contributed by atoms with Crippen molar-refractivity contribution in [3.05, 3.63) is 110 Å². The van der Waals surface area contributed by atoms with E-state index in [0.717, 1.165) is 90.2 Å². The summed E-state index contributed by atoms with van der Waals surface area (Å²) in [6.07, 6.45) is 6.18. The van der Waals surface area contributed by atoms with Crippen LogP contribution in [0.4, 0.5) is 5.82 Å². The summed E-state index contributed by atoms with van der Waals surface area (Å²) in [5.74, 6) is -1.37. The largest absolute Gasteiger partial charge is 0.490 e. The monoisotopic (exact) mass is 879 g/mol. The molecule has 3 unspecified atom stereocenters. The third-order valence-electron chi connectivity index (χ3n) is 14.4. The van der Waals surface area contributed by atoms with Gasteiger partial charge in [0.15, 0.2) is 11.6 Å². The van der Waals surface area contributed by atoms with E-state index in [-0.39, 0.29) is 60.5 Å². The maximum atomic E-state index is 14.0. The summed E-state index contributed by atoms with van der Waals surface area (Å²) in [7, 11) is 0. The molecule has 0 bridgehead atoms. The Balaban J connectivity index is 0.834. The molecule has 3 aromatic heterocycles. The second kappa shape index (κ2) is 17.2. The summed E-state index contributed by atoms with van der Waals surface area (Å²) in [5, 5.41) is 6.30. The number of rotatable bonds is 13. The number of hydrogen-bond donors (Lipinski definition) is 3. The van der Waals surface area contributed by atoms with E-state index in [0.29, 0.717) is 34.4 Å². The van der Waals surface area contributed by atoms with Crippen LogP contribution in [0.15, 0.2) is 65.7 Å². The zero-order chi connectivity index (χ0) is 45.9. The van der Waals surface area contributed by atoms with Crippen LogP contribution in [-0.4, -0.2) is 87.6 Å². The number of imide groups is 1. The number of H-pyrrole nitrogens is 1. The lowest BCUT2D eigenvalue weighted by atomic mass is 9.71. The van der Waals surface area contributed by atoms with Crippen molar-refractivity contribution in [1.82, 2.24) is 30.1 Å². The molecule has 2 aromatic carbocycles. The van der Waals surface area contributed by atoms with Gasteiger partial charge < -0.3 is 24.5 Å². The molecule has 0 spiro atoms. The minimum Gasteiger partial charge on any atom is -0.490 e. The van der Waals surface area contributed by atoms with Crippen molar-refractivity contribution in [1.29, 1.82) is 0 Å². The molecule has 65 heavy (non-hydrogen) atoms. The van der Waals surface area contributed by atoms with Crippen LogP contribution >= 0.6 is 0 Å². The van der Waals surface area contributed by atoms with Crippen molar-refractivity contribution >= 4 is 46.0 Å². The number of aromatic nitrogens is 3. The highest BCUT2D eigenvalue weighted by Crippen LogP contribution is 2.65. The Hall–Kier alpha value is -6.41. The SMILES string of the molecule is CC[C@H](C)n1cc(C)c2c(C(=O)NCc3c(C)cc(C)[nH]c3=O)cc(-c3ccc(N4CCN(CCC(C)Oc5cccc6c5C(=O)C5C[C@]5(C5CCC(=O)NC5=O)C6=O)CC4)nc3)cc21. The Labute approximate surface area is 378 Å². The highest BCUT2D eigenvalue weighted by Gasteiger charge is 2.71. The van der Waals surface area contributed by atoms with Crippen molar-refractivity contribution in [3.63, 3.8) is 0 Å². The molecule has 14 nitrogen and oxygen atoms in total. The maximum absolute atomic E-state index is 14.0. The number of piperazine rings is 1. The highest BCUT2D eigenvalue weighted by atomic mass is 16.5. The fraction of sp³-hybridized carbons (Fsp3) is 0.431. The first-order valence-electron chi connectivity index (χ1n) is 23.0. The topological polar surface area (TPSA) is 176 Å². The van der Waals surface area contributed by atoms with Gasteiger partial charge in [0.05, 0.1) is 23.0 Å². The number of hydrogen-bond acceptors (Lipinski definition) is 10.